The van der Waals surface area contributed by atoms with Crippen molar-refractivity contribution in [3.05, 3.63) is 64.2 Å². The molecule has 2 N–H and O–H groups in total. The van der Waals surface area contributed by atoms with Crippen LogP contribution in [0.3, 0.4) is 0 Å². The molecular formula is C14H10ClF2NOS. The molecule has 0 aliphatic rings. The molecule has 2 nitrogen and oxygen atoms in total. The third-order valence-corrected chi connectivity index (χ3v) is 3.22. The summed E-state index contributed by atoms with van der Waals surface area (Å²) in [5.41, 5.74) is 5.70. The molecular weight excluding hydrogens is 304 g/mol. The summed E-state index contributed by atoms with van der Waals surface area (Å²) in [4.78, 5) is -0.0359. The van der Waals surface area contributed by atoms with Crippen molar-refractivity contribution in [1.29, 1.82) is 0 Å². The van der Waals surface area contributed by atoms with Crippen LogP contribution in [0.1, 0.15) is 11.1 Å². The Morgan fingerprint density at radius 2 is 1.95 bits per heavy atom. The maximum atomic E-state index is 13.6. The van der Waals surface area contributed by atoms with Crippen LogP contribution in [0.25, 0.3) is 0 Å². The summed E-state index contributed by atoms with van der Waals surface area (Å²) < 4.78 is 32.5. The molecule has 104 valence electrons. The molecule has 2 aromatic carbocycles. The second-order valence-corrected chi connectivity index (χ2v) is 4.84. The number of thiocarbonyl (C=S) groups is 1. The molecule has 6 heteroatoms. The molecule has 2 aromatic rings. The van der Waals surface area contributed by atoms with Crippen molar-refractivity contribution >= 4 is 28.8 Å². The summed E-state index contributed by atoms with van der Waals surface area (Å²) in [6, 6.07) is 8.39. The van der Waals surface area contributed by atoms with Gasteiger partial charge in [0.25, 0.3) is 0 Å². The predicted molar refractivity (Wildman–Crippen MR) is 78.0 cm³/mol. The fraction of sp³-hybridized carbons (Fsp3) is 0.0714. The van der Waals surface area contributed by atoms with Gasteiger partial charge in [-0.15, -0.1) is 0 Å². The van der Waals surface area contributed by atoms with E-state index in [4.69, 9.17) is 34.3 Å². The molecule has 0 aliphatic carbocycles. The average Bonchev–Trinajstić information content (AvgIpc) is 2.37. The van der Waals surface area contributed by atoms with Crippen LogP contribution in [0.15, 0.2) is 36.4 Å². The summed E-state index contributed by atoms with van der Waals surface area (Å²) in [5.74, 6) is -0.825. The van der Waals surface area contributed by atoms with Gasteiger partial charge in [0, 0.05) is 17.2 Å². The van der Waals surface area contributed by atoms with E-state index in [-0.39, 0.29) is 33.5 Å². The summed E-state index contributed by atoms with van der Waals surface area (Å²) in [5, 5.41) is 0.255. The van der Waals surface area contributed by atoms with Gasteiger partial charge in [-0.25, -0.2) is 8.78 Å². The van der Waals surface area contributed by atoms with E-state index in [2.05, 4.69) is 0 Å². The minimum atomic E-state index is -0.588. The van der Waals surface area contributed by atoms with Crippen LogP contribution in [0.4, 0.5) is 8.78 Å². The smallest absolute Gasteiger partial charge is 0.137 e. The molecule has 2 rings (SSSR count). The van der Waals surface area contributed by atoms with Gasteiger partial charge in [0.1, 0.15) is 29.0 Å². The van der Waals surface area contributed by atoms with Gasteiger partial charge in [0.15, 0.2) is 0 Å². The van der Waals surface area contributed by atoms with Gasteiger partial charge in [-0.3, -0.25) is 0 Å². The SMILES string of the molecule is NC(=S)c1ccc(OCc2c(F)cccc2Cl)cc1F. The summed E-state index contributed by atoms with van der Waals surface area (Å²) >= 11 is 10.6. The van der Waals surface area contributed by atoms with Crippen LogP contribution in [0.5, 0.6) is 5.75 Å². The number of hydrogen-bond donors (Lipinski definition) is 1. The van der Waals surface area contributed by atoms with E-state index in [0.717, 1.165) is 6.07 Å². The first kappa shape index (κ1) is 14.7. The first-order chi connectivity index (χ1) is 9.49. The van der Waals surface area contributed by atoms with Gasteiger partial charge < -0.3 is 10.5 Å². The maximum absolute atomic E-state index is 13.6. The lowest BCUT2D eigenvalue weighted by Gasteiger charge is -2.10. The zero-order chi connectivity index (χ0) is 14.7. The molecule has 0 unspecified atom stereocenters. The van der Waals surface area contributed by atoms with Crippen LogP contribution < -0.4 is 10.5 Å². The fourth-order valence-corrected chi connectivity index (χ4v) is 1.99. The van der Waals surface area contributed by atoms with Crippen molar-refractivity contribution in [1.82, 2.24) is 0 Å². The topological polar surface area (TPSA) is 35.2 Å². The summed E-state index contributed by atoms with van der Waals surface area (Å²) in [7, 11) is 0. The largest absolute Gasteiger partial charge is 0.489 e. The Morgan fingerprint density at radius 3 is 2.55 bits per heavy atom. The lowest BCUT2D eigenvalue weighted by atomic mass is 10.2. The van der Waals surface area contributed by atoms with Crippen molar-refractivity contribution in [2.24, 2.45) is 5.73 Å². The molecule has 0 fully saturated rings. The van der Waals surface area contributed by atoms with Crippen LogP contribution in [0, 0.1) is 11.6 Å². The highest BCUT2D eigenvalue weighted by molar-refractivity contribution is 7.80. The van der Waals surface area contributed by atoms with E-state index in [0.29, 0.717) is 0 Å². The second-order valence-electron chi connectivity index (χ2n) is 3.99. The highest BCUT2D eigenvalue weighted by Gasteiger charge is 2.10. The highest BCUT2D eigenvalue weighted by Crippen LogP contribution is 2.22. The lowest BCUT2D eigenvalue weighted by Crippen LogP contribution is -2.11. The molecule has 0 heterocycles. The normalized spacial score (nSPS) is 10.3. The first-order valence-corrected chi connectivity index (χ1v) is 6.42. The van der Waals surface area contributed by atoms with Gasteiger partial charge in [-0.05, 0) is 24.3 Å². The summed E-state index contributed by atoms with van der Waals surface area (Å²) in [6.45, 7) is -0.0998. The number of ether oxygens (including phenoxy) is 1. The molecule has 0 radical (unpaired) electrons. The minimum Gasteiger partial charge on any atom is -0.489 e. The van der Waals surface area contributed by atoms with E-state index in [1.807, 2.05) is 0 Å². The fourth-order valence-electron chi connectivity index (χ4n) is 1.61. The second kappa shape index (κ2) is 6.15. The van der Waals surface area contributed by atoms with E-state index in [9.17, 15) is 8.78 Å². The molecule has 0 amide bonds. The Balaban J connectivity index is 2.16. The Morgan fingerprint density at radius 1 is 1.20 bits per heavy atom. The monoisotopic (exact) mass is 313 g/mol. The van der Waals surface area contributed by atoms with E-state index >= 15 is 0 Å². The number of benzene rings is 2. The Hall–Kier alpha value is -1.72. The molecule has 0 saturated carbocycles. The van der Waals surface area contributed by atoms with E-state index in [1.54, 1.807) is 6.07 Å². The van der Waals surface area contributed by atoms with Gasteiger partial charge in [0.05, 0.1) is 5.02 Å². The van der Waals surface area contributed by atoms with E-state index < -0.39 is 11.6 Å². The van der Waals surface area contributed by atoms with Gasteiger partial charge in [-0.1, -0.05) is 29.9 Å². The molecule has 0 saturated heterocycles. The van der Waals surface area contributed by atoms with Crippen molar-refractivity contribution in [3.8, 4) is 5.75 Å². The third kappa shape index (κ3) is 3.23. The van der Waals surface area contributed by atoms with Crippen LogP contribution in [-0.2, 0) is 6.61 Å². The van der Waals surface area contributed by atoms with Crippen molar-refractivity contribution < 1.29 is 13.5 Å². The Kier molecular flexibility index (Phi) is 4.52. The maximum Gasteiger partial charge on any atom is 0.137 e. The van der Waals surface area contributed by atoms with Crippen molar-refractivity contribution in [2.45, 2.75) is 6.61 Å². The minimum absolute atomic E-state index is 0.0359. The van der Waals surface area contributed by atoms with E-state index in [1.165, 1.54) is 24.3 Å². The highest BCUT2D eigenvalue weighted by atomic mass is 35.5. The molecule has 0 aliphatic heterocycles. The number of hydrogen-bond acceptors (Lipinski definition) is 2. The third-order valence-electron chi connectivity index (χ3n) is 2.65. The average molecular weight is 314 g/mol. The van der Waals surface area contributed by atoms with Crippen molar-refractivity contribution in [2.75, 3.05) is 0 Å². The van der Waals surface area contributed by atoms with Crippen molar-refractivity contribution in [3.63, 3.8) is 0 Å². The van der Waals surface area contributed by atoms with Crippen LogP contribution in [0.2, 0.25) is 5.02 Å². The Bertz CT molecular complexity index is 643. The number of nitrogens with two attached hydrogens (primary N) is 1. The standard InChI is InChI=1S/C14H10ClF2NOS/c15-11-2-1-3-12(16)10(11)7-19-8-4-5-9(14(18)20)13(17)6-8/h1-6H,7H2,(H2,18,20). The number of rotatable bonds is 4. The molecule has 0 bridgehead atoms. The molecule has 20 heavy (non-hydrogen) atoms. The molecule has 0 atom stereocenters. The molecule has 0 aromatic heterocycles. The van der Waals surface area contributed by atoms with Gasteiger partial charge in [0.2, 0.25) is 0 Å². The molecule has 0 spiro atoms. The van der Waals surface area contributed by atoms with Crippen LogP contribution >= 0.6 is 23.8 Å². The number of halogens is 3. The quantitative estimate of drug-likeness (QED) is 0.871. The Labute approximate surface area is 125 Å². The lowest BCUT2D eigenvalue weighted by molar-refractivity contribution is 0.298. The van der Waals surface area contributed by atoms with Crippen LogP contribution in [-0.4, -0.2) is 4.99 Å². The van der Waals surface area contributed by atoms with Gasteiger partial charge >= 0.3 is 0 Å². The van der Waals surface area contributed by atoms with Gasteiger partial charge in [-0.2, -0.15) is 0 Å². The first-order valence-electron chi connectivity index (χ1n) is 5.64. The predicted octanol–water partition coefficient (Wildman–Crippen LogP) is 3.83. The zero-order valence-corrected chi connectivity index (χ0v) is 11.8. The zero-order valence-electron chi connectivity index (χ0n) is 10.2. The summed E-state index contributed by atoms with van der Waals surface area (Å²) in [6.07, 6.45) is 0.